The molecule has 1 aromatic carbocycles. The van der Waals surface area contributed by atoms with Gasteiger partial charge in [0.1, 0.15) is 0 Å². The molecule has 1 fully saturated rings. The Bertz CT molecular complexity index is 1010. The molecule has 2 heterocycles. The highest BCUT2D eigenvalue weighted by atomic mass is 79.9. The van der Waals surface area contributed by atoms with E-state index in [0.29, 0.717) is 30.4 Å². The molecule has 4 rings (SSSR count). The first-order chi connectivity index (χ1) is 15.4. The maximum atomic E-state index is 12.1. The van der Waals surface area contributed by atoms with Gasteiger partial charge >= 0.3 is 6.09 Å². The van der Waals surface area contributed by atoms with Gasteiger partial charge in [-0.05, 0) is 83.4 Å². The first-order valence-corrected chi connectivity index (χ1v) is 12.4. The molecule has 2 N–H and O–H groups in total. The lowest BCUT2D eigenvalue weighted by molar-refractivity contribution is 0.104. The molecule has 5 nitrogen and oxygen atoms in total. The summed E-state index contributed by atoms with van der Waals surface area (Å²) in [5.41, 5.74) is 13.7. The molecule has 0 atom stereocenters. The Morgan fingerprint density at radius 1 is 1.12 bits per heavy atom. The number of nitrogens with zero attached hydrogens (tertiary/aromatic N) is 2. The minimum Gasteiger partial charge on any atom is -0.450 e. The van der Waals surface area contributed by atoms with Crippen molar-refractivity contribution in [3.8, 4) is 0 Å². The first-order valence-electron chi connectivity index (χ1n) is 11.3. The standard InChI is InChI=1S/C22H23BrClN3O2.C3H8/c1-2-29-22(28)27-7-5-13(6-8-27)20-17-11-19(25)18(24)10-14(17)3-4-15-9-16(23)12-26-21(15)20;1-3-2/h9-12H,2-8,25H2,1H3;3H2,1-2H3. The van der Waals surface area contributed by atoms with Crippen molar-refractivity contribution in [2.45, 2.75) is 52.9 Å². The number of rotatable bonds is 1. The lowest BCUT2D eigenvalue weighted by Crippen LogP contribution is -2.37. The number of amides is 1. The van der Waals surface area contributed by atoms with E-state index in [1.54, 1.807) is 4.90 Å². The number of pyridine rings is 1. The summed E-state index contributed by atoms with van der Waals surface area (Å²) < 4.78 is 6.13. The molecule has 0 radical (unpaired) electrons. The molecule has 0 saturated carbocycles. The lowest BCUT2D eigenvalue weighted by atomic mass is 9.88. The number of aryl methyl sites for hydroxylation is 2. The number of hydrogen-bond donors (Lipinski definition) is 1. The van der Waals surface area contributed by atoms with Gasteiger partial charge in [0.25, 0.3) is 0 Å². The van der Waals surface area contributed by atoms with Gasteiger partial charge in [0.2, 0.25) is 0 Å². The number of aromatic nitrogens is 1. The van der Waals surface area contributed by atoms with Crippen molar-refractivity contribution in [1.29, 1.82) is 0 Å². The van der Waals surface area contributed by atoms with E-state index in [-0.39, 0.29) is 6.09 Å². The van der Waals surface area contributed by atoms with Crippen LogP contribution in [0.4, 0.5) is 10.5 Å². The SMILES string of the molecule is CCC.CCOC(=O)N1CCC(=C2c3cc(N)c(Cl)cc3CCc3cc(Br)cnc32)CC1. The summed E-state index contributed by atoms with van der Waals surface area (Å²) in [4.78, 5) is 18.7. The van der Waals surface area contributed by atoms with Crippen molar-refractivity contribution in [2.75, 3.05) is 25.4 Å². The van der Waals surface area contributed by atoms with Crippen LogP contribution in [0.2, 0.25) is 5.02 Å². The maximum absolute atomic E-state index is 12.1. The Kier molecular flexibility index (Phi) is 8.60. The predicted molar refractivity (Wildman–Crippen MR) is 135 cm³/mol. The van der Waals surface area contributed by atoms with Crippen molar-refractivity contribution in [3.63, 3.8) is 0 Å². The van der Waals surface area contributed by atoms with Crippen LogP contribution in [0.3, 0.4) is 0 Å². The third-order valence-corrected chi connectivity index (χ3v) is 6.33. The molecule has 0 spiro atoms. The number of anilines is 1. The van der Waals surface area contributed by atoms with Crippen LogP contribution in [-0.2, 0) is 17.6 Å². The number of carbonyl (C=O) groups is 1. The molecule has 32 heavy (non-hydrogen) atoms. The summed E-state index contributed by atoms with van der Waals surface area (Å²) >= 11 is 9.88. The van der Waals surface area contributed by atoms with Crippen molar-refractivity contribution >= 4 is 44.9 Å². The Morgan fingerprint density at radius 2 is 1.78 bits per heavy atom. The number of benzene rings is 1. The highest BCUT2D eigenvalue weighted by molar-refractivity contribution is 9.10. The minimum atomic E-state index is -0.240. The average Bonchev–Trinajstić information content (AvgIpc) is 2.91. The number of halogens is 2. The summed E-state index contributed by atoms with van der Waals surface area (Å²) in [5, 5.41) is 0.588. The predicted octanol–water partition coefficient (Wildman–Crippen LogP) is 6.65. The van der Waals surface area contributed by atoms with Gasteiger partial charge in [-0.25, -0.2) is 4.79 Å². The van der Waals surface area contributed by atoms with E-state index in [4.69, 9.17) is 27.1 Å². The normalized spacial score (nSPS) is 15.2. The molecule has 0 bridgehead atoms. The second-order valence-corrected chi connectivity index (χ2v) is 9.39. The van der Waals surface area contributed by atoms with Crippen molar-refractivity contribution in [3.05, 3.63) is 61.8 Å². The zero-order valence-corrected chi connectivity index (χ0v) is 21.4. The van der Waals surface area contributed by atoms with Gasteiger partial charge < -0.3 is 15.4 Å². The maximum Gasteiger partial charge on any atom is 0.409 e. The van der Waals surface area contributed by atoms with Gasteiger partial charge in [0, 0.05) is 29.3 Å². The fraction of sp³-hybridized carbons (Fsp3) is 0.440. The van der Waals surface area contributed by atoms with E-state index in [1.165, 1.54) is 23.1 Å². The summed E-state index contributed by atoms with van der Waals surface area (Å²) in [5.74, 6) is 0. The number of nitrogen functional groups attached to an aromatic ring is 1. The number of piperidine rings is 1. The molecule has 1 aliphatic carbocycles. The monoisotopic (exact) mass is 519 g/mol. The number of fused-ring (bicyclic) bond motifs is 2. The molecular formula is C25H31BrClN3O2. The third kappa shape index (κ3) is 5.46. The van der Waals surface area contributed by atoms with Crippen LogP contribution in [0, 0.1) is 0 Å². The second-order valence-electron chi connectivity index (χ2n) is 8.06. The Balaban J connectivity index is 0.000000913. The number of carbonyl (C=O) groups excluding carboxylic acids is 1. The van der Waals surface area contributed by atoms with Crippen LogP contribution < -0.4 is 5.73 Å². The van der Waals surface area contributed by atoms with Crippen molar-refractivity contribution in [2.24, 2.45) is 0 Å². The van der Waals surface area contributed by atoms with Crippen LogP contribution in [0.25, 0.3) is 5.57 Å². The summed E-state index contributed by atoms with van der Waals surface area (Å²) in [6, 6.07) is 6.12. The van der Waals surface area contributed by atoms with Gasteiger partial charge in [-0.15, -0.1) is 0 Å². The molecule has 1 saturated heterocycles. The topological polar surface area (TPSA) is 68.5 Å². The van der Waals surface area contributed by atoms with Crippen LogP contribution in [-0.4, -0.2) is 35.7 Å². The zero-order chi connectivity index (χ0) is 23.3. The number of nitrogens with two attached hydrogens (primary N) is 1. The van der Waals surface area contributed by atoms with E-state index in [9.17, 15) is 4.79 Å². The minimum absolute atomic E-state index is 0.240. The Labute approximate surface area is 204 Å². The first kappa shape index (κ1) is 24.6. The summed E-state index contributed by atoms with van der Waals surface area (Å²) in [6.45, 7) is 7.75. The Morgan fingerprint density at radius 3 is 2.44 bits per heavy atom. The van der Waals surface area contributed by atoms with Crippen molar-refractivity contribution < 1.29 is 9.53 Å². The van der Waals surface area contributed by atoms with E-state index >= 15 is 0 Å². The van der Waals surface area contributed by atoms with E-state index in [0.717, 1.165) is 47.0 Å². The fourth-order valence-electron chi connectivity index (χ4n) is 4.15. The van der Waals surface area contributed by atoms with E-state index < -0.39 is 0 Å². The molecule has 2 aliphatic rings. The van der Waals surface area contributed by atoms with Crippen LogP contribution in [0.15, 0.2) is 34.4 Å². The molecule has 7 heteroatoms. The molecule has 172 valence electrons. The fourth-order valence-corrected chi connectivity index (χ4v) is 4.71. The largest absolute Gasteiger partial charge is 0.450 e. The van der Waals surface area contributed by atoms with Gasteiger partial charge in [-0.2, -0.15) is 0 Å². The molecular weight excluding hydrogens is 490 g/mol. The van der Waals surface area contributed by atoms with E-state index in [2.05, 4.69) is 35.8 Å². The van der Waals surface area contributed by atoms with Crippen LogP contribution >= 0.6 is 27.5 Å². The molecule has 0 unspecified atom stereocenters. The van der Waals surface area contributed by atoms with Gasteiger partial charge in [-0.1, -0.05) is 37.4 Å². The third-order valence-electron chi connectivity index (χ3n) is 5.57. The van der Waals surface area contributed by atoms with Crippen molar-refractivity contribution in [1.82, 2.24) is 9.88 Å². The number of likely N-dealkylation sites (tertiary alicyclic amines) is 1. The summed E-state index contributed by atoms with van der Waals surface area (Å²) in [7, 11) is 0. The zero-order valence-electron chi connectivity index (χ0n) is 19.0. The average molecular weight is 521 g/mol. The van der Waals surface area contributed by atoms with Crippen LogP contribution in [0.1, 0.15) is 62.4 Å². The Hall–Kier alpha value is -2.05. The smallest absolute Gasteiger partial charge is 0.409 e. The molecule has 1 aromatic heterocycles. The molecule has 1 aliphatic heterocycles. The molecule has 2 aromatic rings. The molecule has 1 amide bonds. The quantitative estimate of drug-likeness (QED) is 0.427. The lowest BCUT2D eigenvalue weighted by Gasteiger charge is -2.29. The van der Waals surface area contributed by atoms with Crippen LogP contribution in [0.5, 0.6) is 0 Å². The second kappa shape index (κ2) is 11.2. The van der Waals surface area contributed by atoms with Gasteiger partial charge in [0.15, 0.2) is 0 Å². The highest BCUT2D eigenvalue weighted by Crippen LogP contribution is 2.40. The number of ether oxygens (including phenoxy) is 1. The highest BCUT2D eigenvalue weighted by Gasteiger charge is 2.27. The van der Waals surface area contributed by atoms with Gasteiger partial charge in [-0.3, -0.25) is 4.98 Å². The number of hydrogen-bond acceptors (Lipinski definition) is 4. The van der Waals surface area contributed by atoms with Gasteiger partial charge in [0.05, 0.1) is 23.0 Å². The van der Waals surface area contributed by atoms with E-state index in [1.807, 2.05) is 25.3 Å². The summed E-state index contributed by atoms with van der Waals surface area (Å²) in [6.07, 6.45) is 6.20.